The molecule has 0 aliphatic heterocycles. The van der Waals surface area contributed by atoms with E-state index in [1.54, 1.807) is 0 Å². The lowest BCUT2D eigenvalue weighted by molar-refractivity contribution is -0.111. The van der Waals surface area contributed by atoms with Crippen molar-refractivity contribution in [1.29, 1.82) is 0 Å². The number of carbonyl (C=O) groups excluding carboxylic acids is 1. The molecular formula is C4H9ClN2O2S. The molecule has 0 rings (SSSR count). The van der Waals surface area contributed by atoms with E-state index in [-0.39, 0.29) is 0 Å². The van der Waals surface area contributed by atoms with Crippen molar-refractivity contribution in [2.24, 2.45) is 11.5 Å². The lowest BCUT2D eigenvalue weighted by Gasteiger charge is -2.11. The highest BCUT2D eigenvalue weighted by Gasteiger charge is 2.14. The van der Waals surface area contributed by atoms with E-state index in [9.17, 15) is 4.79 Å². The monoisotopic (exact) mass is 184 g/mol. The molecular weight excluding hydrogens is 176 g/mol. The molecule has 4 nitrogen and oxygen atoms in total. The van der Waals surface area contributed by atoms with Gasteiger partial charge in [0, 0.05) is 7.11 Å². The van der Waals surface area contributed by atoms with Gasteiger partial charge in [-0.05, 0) is 11.6 Å². The van der Waals surface area contributed by atoms with Crippen LogP contribution in [0.1, 0.15) is 0 Å². The van der Waals surface area contributed by atoms with Crippen molar-refractivity contribution in [3.63, 3.8) is 0 Å². The Morgan fingerprint density at radius 1 is 1.70 bits per heavy atom. The van der Waals surface area contributed by atoms with Crippen LogP contribution in [0.15, 0.2) is 0 Å². The molecule has 0 aromatic carbocycles. The van der Waals surface area contributed by atoms with Gasteiger partial charge in [0.25, 0.3) is 0 Å². The van der Waals surface area contributed by atoms with Gasteiger partial charge < -0.3 is 10.5 Å². The van der Waals surface area contributed by atoms with Crippen LogP contribution in [0.25, 0.3) is 0 Å². The molecule has 10 heavy (non-hydrogen) atoms. The Hall–Kier alpha value is 0.190. The first-order valence-electron chi connectivity index (χ1n) is 2.46. The van der Waals surface area contributed by atoms with Crippen LogP contribution in [0.3, 0.4) is 0 Å². The van der Waals surface area contributed by atoms with Crippen LogP contribution in [0.2, 0.25) is 0 Å². The second-order valence-corrected chi connectivity index (χ2v) is 3.08. The quantitative estimate of drug-likeness (QED) is 0.462. The molecule has 0 aliphatic carbocycles. The van der Waals surface area contributed by atoms with Crippen LogP contribution < -0.4 is 11.5 Å². The fraction of sp³-hybridized carbons (Fsp3) is 0.750. The van der Waals surface area contributed by atoms with Gasteiger partial charge in [0.15, 0.2) is 5.56 Å². The summed E-state index contributed by atoms with van der Waals surface area (Å²) in [7, 11) is 1.42. The molecule has 0 heterocycles. The number of thioether (sulfide) groups is 1. The van der Waals surface area contributed by atoms with Crippen molar-refractivity contribution in [3.8, 4) is 0 Å². The molecule has 0 aromatic rings. The highest BCUT2D eigenvalue weighted by molar-refractivity contribution is 8.01. The van der Waals surface area contributed by atoms with E-state index in [0.717, 1.165) is 11.8 Å². The molecule has 60 valence electrons. The maximum Gasteiger partial charge on any atom is 0.248 e. The largest absolute Gasteiger partial charge is 0.357 e. The van der Waals surface area contributed by atoms with Crippen LogP contribution in [0.4, 0.5) is 0 Å². The summed E-state index contributed by atoms with van der Waals surface area (Å²) in [6.07, 6.45) is 0. The minimum absolute atomic E-state index is 0.599. The SMILES string of the molecule is COC(N)SC(N)C(=O)Cl. The van der Waals surface area contributed by atoms with Crippen LogP contribution in [0, 0.1) is 0 Å². The zero-order valence-corrected chi connectivity index (χ0v) is 6.98. The molecule has 0 saturated carbocycles. The summed E-state index contributed by atoms with van der Waals surface area (Å²) in [6, 6.07) is 0. The molecule has 0 aliphatic rings. The van der Waals surface area contributed by atoms with E-state index in [1.807, 2.05) is 0 Å². The molecule has 0 saturated heterocycles. The van der Waals surface area contributed by atoms with Crippen molar-refractivity contribution in [3.05, 3.63) is 0 Å². The molecule has 0 amide bonds. The number of methoxy groups -OCH3 is 1. The number of rotatable bonds is 4. The van der Waals surface area contributed by atoms with Gasteiger partial charge in [0.2, 0.25) is 5.24 Å². The minimum Gasteiger partial charge on any atom is -0.357 e. The van der Waals surface area contributed by atoms with E-state index in [4.69, 9.17) is 23.1 Å². The summed E-state index contributed by atoms with van der Waals surface area (Å²) in [5.74, 6) is 0. The van der Waals surface area contributed by atoms with E-state index in [1.165, 1.54) is 7.11 Å². The van der Waals surface area contributed by atoms with E-state index in [0.29, 0.717) is 0 Å². The van der Waals surface area contributed by atoms with Crippen molar-refractivity contribution < 1.29 is 9.53 Å². The Labute approximate surface area is 68.2 Å². The number of hydrogen-bond donors (Lipinski definition) is 2. The van der Waals surface area contributed by atoms with Gasteiger partial charge in [0.05, 0.1) is 0 Å². The zero-order valence-electron chi connectivity index (χ0n) is 5.41. The molecule has 0 bridgehead atoms. The predicted molar refractivity (Wildman–Crippen MR) is 41.4 cm³/mol. The average Bonchev–Trinajstić information content (AvgIpc) is 1.87. The van der Waals surface area contributed by atoms with Crippen LogP contribution in [-0.4, -0.2) is 23.3 Å². The third kappa shape index (κ3) is 4.08. The molecule has 6 heteroatoms. The second-order valence-electron chi connectivity index (χ2n) is 1.46. The minimum atomic E-state index is -0.809. The molecule has 2 atom stereocenters. The summed E-state index contributed by atoms with van der Waals surface area (Å²) >= 11 is 5.99. The van der Waals surface area contributed by atoms with Gasteiger partial charge in [-0.1, -0.05) is 11.8 Å². The van der Waals surface area contributed by atoms with Crippen LogP contribution in [-0.2, 0) is 9.53 Å². The molecule has 0 spiro atoms. The number of hydrogen-bond acceptors (Lipinski definition) is 5. The molecule has 0 radical (unpaired) electrons. The Balaban J connectivity index is 3.56. The van der Waals surface area contributed by atoms with Gasteiger partial charge in [0.1, 0.15) is 5.37 Å². The number of ether oxygens (including phenoxy) is 1. The lowest BCUT2D eigenvalue weighted by Crippen LogP contribution is -2.30. The smallest absolute Gasteiger partial charge is 0.248 e. The Kier molecular flexibility index (Phi) is 5.02. The van der Waals surface area contributed by atoms with E-state index in [2.05, 4.69) is 4.74 Å². The van der Waals surface area contributed by atoms with Crippen LogP contribution in [0.5, 0.6) is 0 Å². The zero-order chi connectivity index (χ0) is 8.15. The summed E-state index contributed by atoms with van der Waals surface area (Å²) in [4.78, 5) is 10.3. The van der Waals surface area contributed by atoms with Crippen LogP contribution >= 0.6 is 23.4 Å². The van der Waals surface area contributed by atoms with E-state index < -0.39 is 16.2 Å². The third-order valence-corrected chi connectivity index (χ3v) is 2.07. The van der Waals surface area contributed by atoms with Crippen molar-refractivity contribution in [2.75, 3.05) is 7.11 Å². The maximum absolute atomic E-state index is 10.3. The Morgan fingerprint density at radius 2 is 2.20 bits per heavy atom. The van der Waals surface area contributed by atoms with Gasteiger partial charge in [-0.3, -0.25) is 10.5 Å². The Morgan fingerprint density at radius 3 is 2.50 bits per heavy atom. The average molecular weight is 185 g/mol. The number of nitrogens with two attached hydrogens (primary N) is 2. The topological polar surface area (TPSA) is 78.3 Å². The highest BCUT2D eigenvalue weighted by atomic mass is 35.5. The van der Waals surface area contributed by atoms with Gasteiger partial charge in [-0.2, -0.15) is 0 Å². The normalized spacial score (nSPS) is 16.4. The summed E-state index contributed by atoms with van der Waals surface area (Å²) in [5, 5.41) is -1.44. The fourth-order valence-electron chi connectivity index (χ4n) is 0.254. The standard InChI is InChI=1S/C4H9ClN2O2S/c1-9-4(7)10-3(6)2(5)8/h3-4H,6-7H2,1H3. The highest BCUT2D eigenvalue weighted by Crippen LogP contribution is 2.12. The van der Waals surface area contributed by atoms with Gasteiger partial charge >= 0.3 is 0 Å². The first-order valence-corrected chi connectivity index (χ1v) is 3.78. The predicted octanol–water partition coefficient (Wildman–Crippen LogP) is -0.342. The lowest BCUT2D eigenvalue weighted by atomic mass is 10.8. The number of halogens is 1. The summed E-state index contributed by atoms with van der Waals surface area (Å²) < 4.78 is 4.62. The van der Waals surface area contributed by atoms with Crippen molar-refractivity contribution >= 4 is 28.6 Å². The maximum atomic E-state index is 10.3. The molecule has 2 unspecified atom stereocenters. The van der Waals surface area contributed by atoms with Gasteiger partial charge in [-0.15, -0.1) is 0 Å². The third-order valence-electron chi connectivity index (χ3n) is 0.737. The molecule has 4 N–H and O–H groups in total. The first kappa shape index (κ1) is 10.2. The van der Waals surface area contributed by atoms with Crippen molar-refractivity contribution in [2.45, 2.75) is 10.9 Å². The first-order chi connectivity index (χ1) is 4.57. The summed E-state index contributed by atoms with van der Waals surface area (Å²) in [6.45, 7) is 0. The van der Waals surface area contributed by atoms with Gasteiger partial charge in [-0.25, -0.2) is 0 Å². The second kappa shape index (κ2) is 4.92. The van der Waals surface area contributed by atoms with E-state index >= 15 is 0 Å². The Bertz CT molecular complexity index is 124. The fourth-order valence-corrected chi connectivity index (χ4v) is 0.915. The molecule has 0 fully saturated rings. The number of carbonyl (C=O) groups is 1. The summed E-state index contributed by atoms with van der Waals surface area (Å²) in [5.41, 5.74) is 9.88. The molecule has 0 aromatic heterocycles. The van der Waals surface area contributed by atoms with Crippen molar-refractivity contribution in [1.82, 2.24) is 0 Å².